The molecule has 190 valence electrons. The van der Waals surface area contributed by atoms with Crippen molar-refractivity contribution in [1.29, 1.82) is 0 Å². The van der Waals surface area contributed by atoms with E-state index in [1.807, 2.05) is 0 Å². The van der Waals surface area contributed by atoms with Crippen LogP contribution in [0.25, 0.3) is 0 Å². The van der Waals surface area contributed by atoms with Crippen molar-refractivity contribution >= 4 is 7.82 Å². The molecule has 0 aliphatic heterocycles. The fourth-order valence-corrected chi connectivity index (χ4v) is 9.45. The van der Waals surface area contributed by atoms with Gasteiger partial charge in [0.2, 0.25) is 0 Å². The molecular formula is C28H49O4P. The van der Waals surface area contributed by atoms with Crippen LogP contribution in [-0.4, -0.2) is 20.3 Å². The molecule has 0 heterocycles. The van der Waals surface area contributed by atoms with Gasteiger partial charge in [-0.25, -0.2) is 4.57 Å². The summed E-state index contributed by atoms with van der Waals surface area (Å²) < 4.78 is 28.4. The monoisotopic (exact) mass is 480 g/mol. The molecule has 0 aromatic rings. The highest BCUT2D eigenvalue weighted by Gasteiger charge is 2.58. The highest BCUT2D eigenvalue weighted by Crippen LogP contribution is 2.67. The van der Waals surface area contributed by atoms with Gasteiger partial charge in [0.25, 0.3) is 0 Å². The minimum atomic E-state index is -3.42. The van der Waals surface area contributed by atoms with Gasteiger partial charge in [-0.15, -0.1) is 0 Å². The maximum absolute atomic E-state index is 12.5. The van der Waals surface area contributed by atoms with Crippen LogP contribution in [0.1, 0.15) is 105 Å². The van der Waals surface area contributed by atoms with Crippen molar-refractivity contribution in [2.24, 2.45) is 40.4 Å². The van der Waals surface area contributed by atoms with Crippen molar-refractivity contribution in [2.45, 2.75) is 111 Å². The summed E-state index contributed by atoms with van der Waals surface area (Å²) in [6, 6.07) is 0. The third kappa shape index (κ3) is 4.93. The van der Waals surface area contributed by atoms with Gasteiger partial charge >= 0.3 is 7.82 Å². The molecule has 33 heavy (non-hydrogen) atoms. The summed E-state index contributed by atoms with van der Waals surface area (Å²) in [5.41, 5.74) is 2.39. The average molecular weight is 481 g/mol. The smallest absolute Gasteiger partial charge is 0.290 e. The summed E-state index contributed by atoms with van der Waals surface area (Å²) in [4.78, 5) is 0. The first-order valence-corrected chi connectivity index (χ1v) is 15.2. The van der Waals surface area contributed by atoms with E-state index in [1.54, 1.807) is 5.57 Å². The van der Waals surface area contributed by atoms with E-state index in [0.29, 0.717) is 5.41 Å². The molecule has 4 nitrogen and oxygen atoms in total. The highest BCUT2D eigenvalue weighted by molar-refractivity contribution is 7.48. The summed E-state index contributed by atoms with van der Waals surface area (Å²) in [6.07, 6.45) is 18.0. The Labute approximate surface area is 203 Å². The number of rotatable bonds is 9. The molecular weight excluding hydrogens is 431 g/mol. The molecule has 4 rings (SSSR count). The van der Waals surface area contributed by atoms with Crippen LogP contribution in [0.5, 0.6) is 0 Å². The van der Waals surface area contributed by atoms with Gasteiger partial charge in [-0.05, 0) is 98.2 Å². The van der Waals surface area contributed by atoms with Gasteiger partial charge < -0.3 is 0 Å². The summed E-state index contributed by atoms with van der Waals surface area (Å²) in [6.45, 7) is 9.90. The quantitative estimate of drug-likeness (QED) is 0.188. The van der Waals surface area contributed by atoms with Crippen LogP contribution < -0.4 is 0 Å². The van der Waals surface area contributed by atoms with Crippen LogP contribution in [0.2, 0.25) is 0 Å². The first-order valence-electron chi connectivity index (χ1n) is 13.7. The SMILES string of the molecule is COP(=O)(OC)O[C@H]1CC[C@@]2(C)C(=CC[C@H]3[C@@H]4CC[C@H](CCCCC(C)C)[C@@]4(C)CC[C@@H]32)C1. The molecule has 0 aromatic carbocycles. The predicted molar refractivity (Wildman–Crippen MR) is 135 cm³/mol. The predicted octanol–water partition coefficient (Wildman–Crippen LogP) is 8.57. The van der Waals surface area contributed by atoms with E-state index in [9.17, 15) is 4.57 Å². The zero-order chi connectivity index (χ0) is 23.9. The Bertz CT molecular complexity index is 755. The Kier molecular flexibility index (Phi) is 7.92. The zero-order valence-electron chi connectivity index (χ0n) is 22.1. The lowest BCUT2D eigenvalue weighted by Gasteiger charge is -2.58. The molecule has 0 saturated heterocycles. The molecule has 3 fully saturated rings. The minimum absolute atomic E-state index is 0.0674. The summed E-state index contributed by atoms with van der Waals surface area (Å²) in [5.74, 6) is 4.33. The standard InChI is InChI=1S/C28H49O4P/c1-20(2)9-7-8-10-21-12-14-25-24-13-11-22-19-23(32-33(29,30-5)31-6)15-17-28(22,4)26(24)16-18-27(21,25)3/h11,20-21,23-26H,7-10,12-19H2,1-6H3/t21-,23-,24-,25-,26-,27+,28-/m0/s1. The van der Waals surface area contributed by atoms with Gasteiger partial charge in [0.1, 0.15) is 0 Å². The Balaban J connectivity index is 1.43. The van der Waals surface area contributed by atoms with Crippen molar-refractivity contribution in [3.05, 3.63) is 11.6 Å². The zero-order valence-corrected chi connectivity index (χ0v) is 23.0. The summed E-state index contributed by atoms with van der Waals surface area (Å²) >= 11 is 0. The summed E-state index contributed by atoms with van der Waals surface area (Å²) in [7, 11) is -0.618. The van der Waals surface area contributed by atoms with E-state index in [0.717, 1.165) is 48.9 Å². The van der Waals surface area contributed by atoms with Crippen molar-refractivity contribution in [1.82, 2.24) is 0 Å². The molecule has 0 amide bonds. The molecule has 0 spiro atoms. The number of unbranched alkanes of at least 4 members (excludes halogenated alkanes) is 1. The van der Waals surface area contributed by atoms with Gasteiger partial charge in [0, 0.05) is 14.2 Å². The van der Waals surface area contributed by atoms with E-state index in [2.05, 4.69) is 33.8 Å². The van der Waals surface area contributed by atoms with Crippen LogP contribution in [-0.2, 0) is 18.1 Å². The summed E-state index contributed by atoms with van der Waals surface area (Å²) in [5, 5.41) is 0. The van der Waals surface area contributed by atoms with Crippen molar-refractivity contribution in [2.75, 3.05) is 14.2 Å². The third-order valence-corrected chi connectivity index (χ3v) is 12.0. The molecule has 4 aliphatic rings. The van der Waals surface area contributed by atoms with E-state index in [1.165, 1.54) is 72.0 Å². The van der Waals surface area contributed by atoms with Crippen LogP contribution in [0.15, 0.2) is 11.6 Å². The fraction of sp³-hybridized carbons (Fsp3) is 0.929. The Morgan fingerprint density at radius 2 is 1.79 bits per heavy atom. The number of hydrogen-bond donors (Lipinski definition) is 0. The number of fused-ring (bicyclic) bond motifs is 5. The highest BCUT2D eigenvalue weighted by atomic mass is 31.2. The number of phosphoric acid groups is 1. The normalized spacial score (nSPS) is 40.8. The molecule has 3 saturated carbocycles. The van der Waals surface area contributed by atoms with Crippen molar-refractivity contribution in [3.63, 3.8) is 0 Å². The van der Waals surface area contributed by atoms with Crippen LogP contribution in [0.4, 0.5) is 0 Å². The van der Waals surface area contributed by atoms with Crippen LogP contribution in [0, 0.1) is 40.4 Å². The molecule has 0 aromatic heterocycles. The second-order valence-corrected chi connectivity index (χ2v) is 14.4. The maximum atomic E-state index is 12.5. The lowest BCUT2D eigenvalue weighted by atomic mass is 9.47. The second-order valence-electron chi connectivity index (χ2n) is 12.5. The van der Waals surface area contributed by atoms with E-state index >= 15 is 0 Å². The van der Waals surface area contributed by atoms with Crippen LogP contribution in [0.3, 0.4) is 0 Å². The van der Waals surface area contributed by atoms with Gasteiger partial charge in [0.05, 0.1) is 6.10 Å². The maximum Gasteiger partial charge on any atom is 0.474 e. The number of hydrogen-bond acceptors (Lipinski definition) is 4. The van der Waals surface area contributed by atoms with Crippen molar-refractivity contribution < 1.29 is 18.1 Å². The Morgan fingerprint density at radius 3 is 2.48 bits per heavy atom. The van der Waals surface area contributed by atoms with Gasteiger partial charge in [-0.1, -0.05) is 58.6 Å². The molecule has 0 unspecified atom stereocenters. The molecule has 0 radical (unpaired) electrons. The Morgan fingerprint density at radius 1 is 1.03 bits per heavy atom. The minimum Gasteiger partial charge on any atom is -0.290 e. The molecule has 5 heteroatoms. The Hall–Kier alpha value is -0.150. The van der Waals surface area contributed by atoms with Crippen LogP contribution >= 0.6 is 7.82 Å². The van der Waals surface area contributed by atoms with Crippen molar-refractivity contribution in [3.8, 4) is 0 Å². The largest absolute Gasteiger partial charge is 0.474 e. The lowest BCUT2D eigenvalue weighted by molar-refractivity contribution is -0.0510. The van der Waals surface area contributed by atoms with Gasteiger partial charge in [-0.3, -0.25) is 13.6 Å². The molecule has 0 N–H and O–H groups in total. The average Bonchev–Trinajstić information content (AvgIpc) is 3.13. The number of allylic oxidation sites excluding steroid dienone is 1. The first-order chi connectivity index (χ1) is 15.6. The fourth-order valence-electron chi connectivity index (χ4n) is 8.59. The lowest BCUT2D eigenvalue weighted by Crippen LogP contribution is -2.50. The van der Waals surface area contributed by atoms with Gasteiger partial charge in [0.15, 0.2) is 0 Å². The first kappa shape index (κ1) is 25.9. The molecule has 7 atom stereocenters. The molecule has 0 bridgehead atoms. The second kappa shape index (κ2) is 10.1. The third-order valence-electron chi connectivity index (χ3n) is 10.6. The van der Waals surface area contributed by atoms with E-state index in [4.69, 9.17) is 13.6 Å². The topological polar surface area (TPSA) is 44.8 Å². The molecule has 4 aliphatic carbocycles. The van der Waals surface area contributed by atoms with E-state index < -0.39 is 7.82 Å². The van der Waals surface area contributed by atoms with E-state index in [-0.39, 0.29) is 11.5 Å². The van der Waals surface area contributed by atoms with Gasteiger partial charge in [-0.2, -0.15) is 0 Å². The number of phosphoric ester groups is 1.